The average molecular weight is 401 g/mol. The van der Waals surface area contributed by atoms with E-state index >= 15 is 0 Å². The number of halogens is 1. The SMILES string of the molecule is O=C(NCc1ccco1)C1CCN(Cc2nc(-c3ccccc3Cl)no2)CC1. The molecular formula is C20H21ClN4O3. The van der Waals surface area contributed by atoms with Crippen molar-refractivity contribution >= 4 is 17.5 Å². The second-order valence-corrected chi connectivity index (χ2v) is 7.25. The second kappa shape index (κ2) is 8.58. The lowest BCUT2D eigenvalue weighted by Crippen LogP contribution is -2.40. The largest absolute Gasteiger partial charge is 0.467 e. The zero-order valence-electron chi connectivity index (χ0n) is 15.3. The van der Waals surface area contributed by atoms with Crippen molar-refractivity contribution in [1.82, 2.24) is 20.4 Å². The van der Waals surface area contributed by atoms with Crippen molar-refractivity contribution in [2.45, 2.75) is 25.9 Å². The molecule has 1 saturated heterocycles. The van der Waals surface area contributed by atoms with Crippen molar-refractivity contribution in [1.29, 1.82) is 0 Å². The molecule has 0 saturated carbocycles. The maximum Gasteiger partial charge on any atom is 0.241 e. The van der Waals surface area contributed by atoms with Gasteiger partial charge in [-0.05, 0) is 50.2 Å². The van der Waals surface area contributed by atoms with Crippen LogP contribution in [0, 0.1) is 5.92 Å². The molecule has 0 bridgehead atoms. The molecule has 0 atom stereocenters. The Bertz CT molecular complexity index is 917. The van der Waals surface area contributed by atoms with E-state index in [0.29, 0.717) is 29.8 Å². The standard InChI is InChI=1S/C20H21ClN4O3/c21-17-6-2-1-5-16(17)19-23-18(28-24-19)13-25-9-7-14(8-10-25)20(26)22-12-15-4-3-11-27-15/h1-6,11,14H,7-10,12-13H2,(H,22,26). The number of carbonyl (C=O) groups is 1. The maximum atomic E-state index is 12.3. The number of rotatable bonds is 6. The molecule has 1 N–H and O–H groups in total. The van der Waals surface area contributed by atoms with Gasteiger partial charge in [0.2, 0.25) is 17.6 Å². The minimum atomic E-state index is 0.0209. The molecule has 1 aromatic carbocycles. The molecule has 28 heavy (non-hydrogen) atoms. The van der Waals surface area contributed by atoms with Gasteiger partial charge >= 0.3 is 0 Å². The average Bonchev–Trinajstić information content (AvgIpc) is 3.39. The number of hydrogen-bond acceptors (Lipinski definition) is 6. The molecule has 4 rings (SSSR count). The third-order valence-corrected chi connectivity index (χ3v) is 5.25. The molecule has 3 heterocycles. The van der Waals surface area contributed by atoms with E-state index in [9.17, 15) is 4.79 Å². The Kier molecular flexibility index (Phi) is 5.73. The fourth-order valence-corrected chi connectivity index (χ4v) is 3.57. The van der Waals surface area contributed by atoms with Crippen molar-refractivity contribution in [2.75, 3.05) is 13.1 Å². The summed E-state index contributed by atoms with van der Waals surface area (Å²) in [6.07, 6.45) is 3.21. The Hall–Kier alpha value is -2.64. The number of likely N-dealkylation sites (tertiary alicyclic amines) is 1. The summed E-state index contributed by atoms with van der Waals surface area (Å²) in [6, 6.07) is 11.1. The Morgan fingerprint density at radius 1 is 1.21 bits per heavy atom. The van der Waals surface area contributed by atoms with Crippen molar-refractivity contribution in [3.63, 3.8) is 0 Å². The fourth-order valence-electron chi connectivity index (χ4n) is 3.35. The number of hydrogen-bond donors (Lipinski definition) is 1. The molecule has 0 radical (unpaired) electrons. The highest BCUT2D eigenvalue weighted by molar-refractivity contribution is 6.33. The predicted octanol–water partition coefficient (Wildman–Crippen LogP) is 3.51. The van der Waals surface area contributed by atoms with Crippen molar-refractivity contribution in [2.24, 2.45) is 5.92 Å². The van der Waals surface area contributed by atoms with Crippen LogP contribution in [-0.2, 0) is 17.9 Å². The van der Waals surface area contributed by atoms with Gasteiger partial charge in [0.1, 0.15) is 5.76 Å². The normalized spacial score (nSPS) is 15.6. The predicted molar refractivity (Wildman–Crippen MR) is 103 cm³/mol. The van der Waals surface area contributed by atoms with Gasteiger partial charge in [-0.25, -0.2) is 0 Å². The van der Waals surface area contributed by atoms with E-state index in [4.69, 9.17) is 20.5 Å². The molecule has 1 amide bonds. The van der Waals surface area contributed by atoms with Crippen LogP contribution < -0.4 is 5.32 Å². The van der Waals surface area contributed by atoms with Gasteiger partial charge in [0.15, 0.2) is 0 Å². The molecule has 3 aromatic rings. The Morgan fingerprint density at radius 3 is 2.79 bits per heavy atom. The minimum absolute atomic E-state index is 0.0209. The highest BCUT2D eigenvalue weighted by Gasteiger charge is 2.26. The van der Waals surface area contributed by atoms with E-state index in [-0.39, 0.29) is 11.8 Å². The number of furan rings is 1. The lowest BCUT2D eigenvalue weighted by molar-refractivity contribution is -0.126. The van der Waals surface area contributed by atoms with Crippen LogP contribution in [0.1, 0.15) is 24.5 Å². The molecule has 0 unspecified atom stereocenters. The second-order valence-electron chi connectivity index (χ2n) is 6.84. The van der Waals surface area contributed by atoms with E-state index in [1.54, 1.807) is 12.3 Å². The van der Waals surface area contributed by atoms with Gasteiger partial charge in [0.25, 0.3) is 0 Å². The highest BCUT2D eigenvalue weighted by Crippen LogP contribution is 2.25. The van der Waals surface area contributed by atoms with Crippen molar-refractivity contribution in [3.05, 3.63) is 59.3 Å². The molecule has 0 spiro atoms. The van der Waals surface area contributed by atoms with E-state index in [0.717, 1.165) is 37.3 Å². The first-order chi connectivity index (χ1) is 13.7. The fraction of sp³-hybridized carbons (Fsp3) is 0.350. The van der Waals surface area contributed by atoms with Crippen LogP contribution in [0.25, 0.3) is 11.4 Å². The zero-order chi connectivity index (χ0) is 19.3. The molecule has 2 aromatic heterocycles. The Balaban J connectivity index is 1.27. The van der Waals surface area contributed by atoms with E-state index in [1.165, 1.54) is 0 Å². The van der Waals surface area contributed by atoms with Crippen LogP contribution in [0.3, 0.4) is 0 Å². The molecule has 1 fully saturated rings. The third-order valence-electron chi connectivity index (χ3n) is 4.92. The van der Waals surface area contributed by atoms with Crippen LogP contribution in [-0.4, -0.2) is 34.0 Å². The summed E-state index contributed by atoms with van der Waals surface area (Å²) in [5.41, 5.74) is 0.756. The van der Waals surface area contributed by atoms with Crippen LogP contribution in [0.15, 0.2) is 51.6 Å². The first kappa shape index (κ1) is 18.7. The smallest absolute Gasteiger partial charge is 0.241 e. The topological polar surface area (TPSA) is 84.4 Å². The number of nitrogens with one attached hydrogen (secondary N) is 1. The summed E-state index contributed by atoms with van der Waals surface area (Å²) in [5, 5.41) is 7.57. The van der Waals surface area contributed by atoms with Gasteiger partial charge in [-0.1, -0.05) is 28.9 Å². The minimum Gasteiger partial charge on any atom is -0.467 e. The summed E-state index contributed by atoms with van der Waals surface area (Å²) >= 11 is 6.19. The van der Waals surface area contributed by atoms with Crippen LogP contribution >= 0.6 is 11.6 Å². The molecule has 0 aliphatic carbocycles. The first-order valence-electron chi connectivity index (χ1n) is 9.29. The Labute approximate surface area is 167 Å². The van der Waals surface area contributed by atoms with Gasteiger partial charge < -0.3 is 14.3 Å². The quantitative estimate of drug-likeness (QED) is 0.681. The van der Waals surface area contributed by atoms with E-state index < -0.39 is 0 Å². The first-order valence-corrected chi connectivity index (χ1v) is 9.67. The number of piperidine rings is 1. The molecule has 1 aliphatic heterocycles. The molecule has 1 aliphatic rings. The van der Waals surface area contributed by atoms with Gasteiger partial charge in [0, 0.05) is 11.5 Å². The third kappa shape index (κ3) is 4.43. The summed E-state index contributed by atoms with van der Waals surface area (Å²) in [6.45, 7) is 2.61. The Morgan fingerprint density at radius 2 is 2.04 bits per heavy atom. The van der Waals surface area contributed by atoms with Gasteiger partial charge in [0.05, 0.1) is 24.4 Å². The lowest BCUT2D eigenvalue weighted by Gasteiger charge is -2.30. The monoisotopic (exact) mass is 400 g/mol. The van der Waals surface area contributed by atoms with Gasteiger partial charge in [-0.15, -0.1) is 0 Å². The van der Waals surface area contributed by atoms with E-state index in [1.807, 2.05) is 30.3 Å². The lowest BCUT2D eigenvalue weighted by atomic mass is 9.96. The van der Waals surface area contributed by atoms with E-state index in [2.05, 4.69) is 20.4 Å². The number of amides is 1. The molecule has 8 heteroatoms. The van der Waals surface area contributed by atoms with Crippen LogP contribution in [0.4, 0.5) is 0 Å². The molecular weight excluding hydrogens is 380 g/mol. The number of carbonyl (C=O) groups excluding carboxylic acids is 1. The molecule has 146 valence electrons. The van der Waals surface area contributed by atoms with Crippen LogP contribution in [0.5, 0.6) is 0 Å². The number of benzene rings is 1. The molecule has 7 nitrogen and oxygen atoms in total. The summed E-state index contributed by atoms with van der Waals surface area (Å²) in [5.74, 6) is 1.90. The zero-order valence-corrected chi connectivity index (χ0v) is 16.1. The van der Waals surface area contributed by atoms with Gasteiger partial charge in [-0.3, -0.25) is 9.69 Å². The van der Waals surface area contributed by atoms with Gasteiger partial charge in [-0.2, -0.15) is 4.98 Å². The maximum absolute atomic E-state index is 12.3. The van der Waals surface area contributed by atoms with Crippen molar-refractivity contribution in [3.8, 4) is 11.4 Å². The van der Waals surface area contributed by atoms with Crippen molar-refractivity contribution < 1.29 is 13.7 Å². The summed E-state index contributed by atoms with van der Waals surface area (Å²) in [7, 11) is 0. The number of nitrogens with zero attached hydrogens (tertiary/aromatic N) is 3. The highest BCUT2D eigenvalue weighted by atomic mass is 35.5. The number of aromatic nitrogens is 2. The summed E-state index contributed by atoms with van der Waals surface area (Å²) in [4.78, 5) is 19.0. The van der Waals surface area contributed by atoms with Crippen LogP contribution in [0.2, 0.25) is 5.02 Å². The summed E-state index contributed by atoms with van der Waals surface area (Å²) < 4.78 is 10.6.